The van der Waals surface area contributed by atoms with Crippen molar-refractivity contribution in [2.45, 2.75) is 25.6 Å². The number of hydrogen-bond acceptors (Lipinski definition) is 6. The fourth-order valence-corrected chi connectivity index (χ4v) is 5.22. The minimum atomic E-state index is -0.688. The summed E-state index contributed by atoms with van der Waals surface area (Å²) >= 11 is 1.62. The van der Waals surface area contributed by atoms with Gasteiger partial charge in [-0.25, -0.2) is 4.39 Å². The lowest BCUT2D eigenvalue weighted by Gasteiger charge is -2.42. The number of amides is 2. The first kappa shape index (κ1) is 23.8. The van der Waals surface area contributed by atoms with Crippen LogP contribution in [0.2, 0.25) is 0 Å². The van der Waals surface area contributed by atoms with E-state index in [1.165, 1.54) is 6.07 Å². The zero-order valence-corrected chi connectivity index (χ0v) is 19.8. The maximum absolute atomic E-state index is 14.2. The van der Waals surface area contributed by atoms with Gasteiger partial charge in [-0.2, -0.15) is 0 Å². The molecular formula is C25H28FN5O2S. The van der Waals surface area contributed by atoms with E-state index in [1.54, 1.807) is 41.8 Å². The van der Waals surface area contributed by atoms with Gasteiger partial charge in [-0.05, 0) is 42.6 Å². The Morgan fingerprint density at radius 3 is 2.47 bits per heavy atom. The summed E-state index contributed by atoms with van der Waals surface area (Å²) in [6.45, 7) is 4.87. The third-order valence-electron chi connectivity index (χ3n) is 5.93. The first-order valence-corrected chi connectivity index (χ1v) is 12.2. The molecule has 2 amide bonds. The number of halogens is 1. The number of benzene rings is 1. The van der Waals surface area contributed by atoms with Crippen molar-refractivity contribution in [2.24, 2.45) is 0 Å². The van der Waals surface area contributed by atoms with Crippen molar-refractivity contribution >= 4 is 28.8 Å². The summed E-state index contributed by atoms with van der Waals surface area (Å²) in [6, 6.07) is 15.9. The minimum Gasteiger partial charge on any atom is -0.367 e. The Balaban J connectivity index is 1.38. The summed E-state index contributed by atoms with van der Waals surface area (Å²) in [7, 11) is 0. The molecule has 0 radical (unpaired) electrons. The number of hydrogen-bond donors (Lipinski definition) is 2. The van der Waals surface area contributed by atoms with Crippen molar-refractivity contribution in [3.05, 3.63) is 82.6 Å². The SMILES string of the molecule is C[C@H](NC(=O)C(=O)NCc1ccccn1)[C@@H](c1cccs1)N1CCN(c2ccccc2F)CC1. The van der Waals surface area contributed by atoms with E-state index in [0.29, 0.717) is 37.6 Å². The van der Waals surface area contributed by atoms with Crippen LogP contribution < -0.4 is 15.5 Å². The molecule has 2 atom stereocenters. The highest BCUT2D eigenvalue weighted by molar-refractivity contribution is 7.10. The molecule has 3 aromatic rings. The van der Waals surface area contributed by atoms with Gasteiger partial charge in [-0.1, -0.05) is 24.3 Å². The fourth-order valence-electron chi connectivity index (χ4n) is 4.26. The standard InChI is InChI=1S/C25H28FN5O2S/c1-18(29-25(33)24(32)28-17-19-7-4-5-11-27-19)23(22-10-6-16-34-22)31-14-12-30(13-15-31)21-9-3-2-8-20(21)26/h2-11,16,18,23H,12-15,17H2,1H3,(H,28,32)(H,29,33)/t18-,23-/m0/s1. The van der Waals surface area contributed by atoms with Crippen molar-refractivity contribution in [3.8, 4) is 0 Å². The molecule has 0 unspecified atom stereocenters. The topological polar surface area (TPSA) is 77.6 Å². The van der Waals surface area contributed by atoms with Crippen molar-refractivity contribution in [2.75, 3.05) is 31.1 Å². The largest absolute Gasteiger partial charge is 0.367 e. The molecule has 178 valence electrons. The Labute approximate surface area is 202 Å². The van der Waals surface area contributed by atoms with Gasteiger partial charge in [-0.3, -0.25) is 19.5 Å². The third kappa shape index (κ3) is 5.78. The molecule has 1 aromatic carbocycles. The van der Waals surface area contributed by atoms with E-state index in [4.69, 9.17) is 0 Å². The maximum atomic E-state index is 14.2. The molecule has 0 bridgehead atoms. The lowest BCUT2D eigenvalue weighted by atomic mass is 10.0. The fraction of sp³-hybridized carbons (Fsp3) is 0.320. The number of nitrogens with zero attached hydrogens (tertiary/aromatic N) is 3. The zero-order chi connectivity index (χ0) is 23.9. The molecule has 0 aliphatic carbocycles. The molecule has 3 heterocycles. The molecule has 7 nitrogen and oxygen atoms in total. The van der Waals surface area contributed by atoms with Gasteiger partial charge >= 0.3 is 11.8 Å². The Bertz CT molecular complexity index is 1090. The van der Waals surface area contributed by atoms with Gasteiger partial charge in [-0.15, -0.1) is 11.3 Å². The number of carbonyl (C=O) groups is 2. The summed E-state index contributed by atoms with van der Waals surface area (Å²) in [5.74, 6) is -1.58. The molecule has 1 fully saturated rings. The van der Waals surface area contributed by atoms with E-state index in [2.05, 4.69) is 20.5 Å². The molecule has 2 aromatic heterocycles. The lowest BCUT2D eigenvalue weighted by molar-refractivity contribution is -0.140. The monoisotopic (exact) mass is 481 g/mol. The van der Waals surface area contributed by atoms with Crippen LogP contribution in [-0.2, 0) is 16.1 Å². The van der Waals surface area contributed by atoms with Crippen LogP contribution in [-0.4, -0.2) is 53.9 Å². The van der Waals surface area contributed by atoms with Gasteiger partial charge in [0.05, 0.1) is 24.0 Å². The zero-order valence-electron chi connectivity index (χ0n) is 19.0. The number of anilines is 1. The first-order chi connectivity index (χ1) is 16.5. The number of aromatic nitrogens is 1. The average molecular weight is 482 g/mol. The van der Waals surface area contributed by atoms with Crippen LogP contribution in [0.25, 0.3) is 0 Å². The second kappa shape index (κ2) is 11.2. The minimum absolute atomic E-state index is 0.0877. The Hall–Kier alpha value is -3.30. The number of rotatable bonds is 7. The van der Waals surface area contributed by atoms with Gasteiger partial charge in [0.2, 0.25) is 0 Å². The molecule has 34 heavy (non-hydrogen) atoms. The maximum Gasteiger partial charge on any atom is 0.309 e. The van der Waals surface area contributed by atoms with E-state index >= 15 is 0 Å². The van der Waals surface area contributed by atoms with Gasteiger partial charge in [0.15, 0.2) is 0 Å². The molecule has 0 saturated carbocycles. The number of para-hydroxylation sites is 1. The van der Waals surface area contributed by atoms with Gasteiger partial charge < -0.3 is 15.5 Å². The predicted octanol–water partition coefficient (Wildman–Crippen LogP) is 2.97. The van der Waals surface area contributed by atoms with E-state index < -0.39 is 11.8 Å². The first-order valence-electron chi connectivity index (χ1n) is 11.3. The van der Waals surface area contributed by atoms with E-state index in [9.17, 15) is 14.0 Å². The number of piperazine rings is 1. The highest BCUT2D eigenvalue weighted by Gasteiger charge is 2.32. The van der Waals surface area contributed by atoms with Crippen LogP contribution >= 0.6 is 11.3 Å². The number of thiophene rings is 1. The number of nitrogens with one attached hydrogen (secondary N) is 2. The average Bonchev–Trinajstić information content (AvgIpc) is 3.38. The Morgan fingerprint density at radius 2 is 1.79 bits per heavy atom. The molecule has 1 aliphatic rings. The summed E-state index contributed by atoms with van der Waals surface area (Å²) in [4.78, 5) is 34.6. The summed E-state index contributed by atoms with van der Waals surface area (Å²) in [6.07, 6.45) is 1.64. The van der Waals surface area contributed by atoms with E-state index in [1.807, 2.05) is 41.5 Å². The smallest absolute Gasteiger partial charge is 0.309 e. The van der Waals surface area contributed by atoms with Crippen LogP contribution in [0.3, 0.4) is 0 Å². The molecule has 9 heteroatoms. The highest BCUT2D eigenvalue weighted by Crippen LogP contribution is 2.30. The van der Waals surface area contributed by atoms with Crippen molar-refractivity contribution < 1.29 is 14.0 Å². The third-order valence-corrected chi connectivity index (χ3v) is 6.87. The summed E-state index contributed by atoms with van der Waals surface area (Å²) < 4.78 is 14.2. The normalized spacial score (nSPS) is 16.0. The van der Waals surface area contributed by atoms with Crippen LogP contribution in [0.4, 0.5) is 10.1 Å². The molecule has 0 spiro atoms. The van der Waals surface area contributed by atoms with Crippen LogP contribution in [0.1, 0.15) is 23.5 Å². The van der Waals surface area contributed by atoms with E-state index in [-0.39, 0.29) is 24.4 Å². The molecule has 1 saturated heterocycles. The van der Waals surface area contributed by atoms with Gasteiger partial charge in [0.25, 0.3) is 0 Å². The molecule has 1 aliphatic heterocycles. The van der Waals surface area contributed by atoms with Crippen LogP contribution in [0.15, 0.2) is 66.2 Å². The van der Waals surface area contributed by atoms with Gasteiger partial charge in [0, 0.05) is 43.3 Å². The Morgan fingerprint density at radius 1 is 1.03 bits per heavy atom. The molecular weight excluding hydrogens is 453 g/mol. The Kier molecular flexibility index (Phi) is 7.87. The number of pyridine rings is 1. The van der Waals surface area contributed by atoms with Crippen molar-refractivity contribution in [1.82, 2.24) is 20.5 Å². The predicted molar refractivity (Wildman–Crippen MR) is 131 cm³/mol. The van der Waals surface area contributed by atoms with Crippen molar-refractivity contribution in [3.63, 3.8) is 0 Å². The van der Waals surface area contributed by atoms with Gasteiger partial charge in [0.1, 0.15) is 5.82 Å². The second-order valence-corrected chi connectivity index (χ2v) is 9.18. The van der Waals surface area contributed by atoms with Crippen LogP contribution in [0.5, 0.6) is 0 Å². The summed E-state index contributed by atoms with van der Waals surface area (Å²) in [5.41, 5.74) is 1.29. The molecule has 4 rings (SSSR count). The highest BCUT2D eigenvalue weighted by atomic mass is 32.1. The summed E-state index contributed by atoms with van der Waals surface area (Å²) in [5, 5.41) is 7.50. The van der Waals surface area contributed by atoms with Crippen LogP contribution in [0, 0.1) is 5.82 Å². The molecule has 2 N–H and O–H groups in total. The second-order valence-electron chi connectivity index (χ2n) is 8.20. The van der Waals surface area contributed by atoms with E-state index in [0.717, 1.165) is 4.88 Å². The van der Waals surface area contributed by atoms with Crippen molar-refractivity contribution in [1.29, 1.82) is 0 Å². The number of carbonyl (C=O) groups excluding carboxylic acids is 2. The lowest BCUT2D eigenvalue weighted by Crippen LogP contribution is -2.53. The quantitative estimate of drug-likeness (QED) is 0.508.